The van der Waals surface area contributed by atoms with Crippen LogP contribution in [0.15, 0.2) is 97.1 Å². The van der Waals surface area contributed by atoms with Gasteiger partial charge in [0.2, 0.25) is 0 Å². The molecule has 0 heterocycles. The fourth-order valence-electron chi connectivity index (χ4n) is 5.04. The average Bonchev–Trinajstić information content (AvgIpc) is 3.03. The zero-order chi connectivity index (χ0) is 30.8. The maximum atomic E-state index is 13.5. The van der Waals surface area contributed by atoms with Crippen LogP contribution >= 0.6 is 11.8 Å². The normalized spacial score (nSPS) is 11.5. The second-order valence-electron chi connectivity index (χ2n) is 10.5. The maximum Gasteiger partial charge on any atom is 0.326 e. The fourth-order valence-corrected chi connectivity index (χ4v) is 5.51. The van der Waals surface area contributed by atoms with E-state index in [1.54, 1.807) is 17.8 Å². The van der Waals surface area contributed by atoms with Crippen molar-refractivity contribution in [1.82, 2.24) is 5.32 Å². The average molecular weight is 595 g/mol. The highest BCUT2D eigenvalue weighted by Crippen LogP contribution is 2.30. The van der Waals surface area contributed by atoms with E-state index in [2.05, 4.69) is 22.3 Å². The summed E-state index contributed by atoms with van der Waals surface area (Å²) in [6.07, 6.45) is 2.71. The molecule has 0 radical (unpaired) electrons. The first kappa shape index (κ1) is 31.6. The van der Waals surface area contributed by atoms with Gasteiger partial charge in [0.1, 0.15) is 6.04 Å². The van der Waals surface area contributed by atoms with Crippen LogP contribution in [-0.4, -0.2) is 40.8 Å². The zero-order valence-electron chi connectivity index (χ0n) is 24.9. The summed E-state index contributed by atoms with van der Waals surface area (Å²) in [5, 5.41) is 12.5. The minimum absolute atomic E-state index is 0.108. The SMILES string of the molecule is CCC(=O)c1ccc(N(Cc2ccccc2)Cc2ccc(C(=O)N[C@@H](CCSC)C(=O)O)c(-c3ccccc3C)c2)cc1. The molecule has 0 spiro atoms. The van der Waals surface area contributed by atoms with Gasteiger partial charge >= 0.3 is 5.97 Å². The first-order chi connectivity index (χ1) is 20.8. The van der Waals surface area contributed by atoms with E-state index < -0.39 is 17.9 Å². The monoisotopic (exact) mass is 594 g/mol. The van der Waals surface area contributed by atoms with Crippen LogP contribution in [-0.2, 0) is 17.9 Å². The van der Waals surface area contributed by atoms with Crippen molar-refractivity contribution in [2.75, 3.05) is 16.9 Å². The Labute approximate surface area is 258 Å². The third-order valence-electron chi connectivity index (χ3n) is 7.44. The van der Waals surface area contributed by atoms with E-state index in [9.17, 15) is 19.5 Å². The van der Waals surface area contributed by atoms with Gasteiger partial charge in [0, 0.05) is 36.3 Å². The summed E-state index contributed by atoms with van der Waals surface area (Å²) in [7, 11) is 0. The van der Waals surface area contributed by atoms with Crippen LogP contribution in [0.25, 0.3) is 11.1 Å². The first-order valence-corrected chi connectivity index (χ1v) is 15.8. The van der Waals surface area contributed by atoms with Crippen molar-refractivity contribution < 1.29 is 19.5 Å². The Balaban J connectivity index is 1.72. The Bertz CT molecular complexity index is 1550. The molecule has 0 unspecified atom stereocenters. The number of amides is 1. The second kappa shape index (κ2) is 15.2. The van der Waals surface area contributed by atoms with E-state index in [4.69, 9.17) is 0 Å². The van der Waals surface area contributed by atoms with Crippen molar-refractivity contribution in [1.29, 1.82) is 0 Å². The van der Waals surface area contributed by atoms with Gasteiger partial charge < -0.3 is 15.3 Å². The van der Waals surface area contributed by atoms with Crippen molar-refractivity contribution in [2.45, 2.75) is 45.8 Å². The zero-order valence-corrected chi connectivity index (χ0v) is 25.7. The predicted octanol–water partition coefficient (Wildman–Crippen LogP) is 7.40. The number of Topliss-reactive ketones (excluding diaryl/α,β-unsaturated/α-hetero) is 1. The molecule has 0 aliphatic carbocycles. The Morgan fingerprint density at radius 3 is 2.16 bits per heavy atom. The Morgan fingerprint density at radius 1 is 0.837 bits per heavy atom. The van der Waals surface area contributed by atoms with Crippen LogP contribution in [0.4, 0.5) is 5.69 Å². The van der Waals surface area contributed by atoms with Gasteiger partial charge in [0.05, 0.1) is 0 Å². The Hall–Kier alpha value is -4.36. The highest BCUT2D eigenvalue weighted by molar-refractivity contribution is 7.98. The molecule has 0 aliphatic heterocycles. The van der Waals surface area contributed by atoms with E-state index in [1.807, 2.05) is 99.0 Å². The van der Waals surface area contributed by atoms with E-state index >= 15 is 0 Å². The molecule has 0 aliphatic rings. The smallest absolute Gasteiger partial charge is 0.326 e. The highest BCUT2D eigenvalue weighted by atomic mass is 32.2. The van der Waals surface area contributed by atoms with Gasteiger partial charge in [-0.25, -0.2) is 4.79 Å². The van der Waals surface area contributed by atoms with Gasteiger partial charge in [-0.05, 0) is 89.6 Å². The number of anilines is 1. The number of carbonyl (C=O) groups excluding carboxylic acids is 2. The molecule has 2 N–H and O–H groups in total. The summed E-state index contributed by atoms with van der Waals surface area (Å²) in [5.41, 5.74) is 6.95. The van der Waals surface area contributed by atoms with Gasteiger partial charge in [0.25, 0.3) is 5.91 Å². The third-order valence-corrected chi connectivity index (χ3v) is 8.09. The summed E-state index contributed by atoms with van der Waals surface area (Å²) in [6.45, 7) is 5.07. The molecule has 4 rings (SSSR count). The Kier molecular flexibility index (Phi) is 11.2. The minimum atomic E-state index is -1.04. The lowest BCUT2D eigenvalue weighted by molar-refractivity contribution is -0.139. The number of aliphatic carboxylic acids is 1. The number of rotatable bonds is 14. The molecular formula is C36H38N2O4S. The van der Waals surface area contributed by atoms with Crippen LogP contribution in [0, 0.1) is 6.92 Å². The lowest BCUT2D eigenvalue weighted by Crippen LogP contribution is -2.41. The number of thioether (sulfide) groups is 1. The van der Waals surface area contributed by atoms with Gasteiger partial charge in [-0.15, -0.1) is 0 Å². The van der Waals surface area contributed by atoms with Crippen molar-refractivity contribution >= 4 is 35.1 Å². The standard InChI is InChI=1S/C36H38N2O4S/c1-4-34(39)28-15-17-29(18-16-28)38(23-26-11-6-5-7-12-26)24-27-14-19-31(32(22-27)30-13-9-8-10-25(30)2)35(40)37-33(36(41)42)20-21-43-3/h5-19,22,33H,4,20-21,23-24H2,1-3H3,(H,37,40)(H,41,42)/t33-/m0/s1. The summed E-state index contributed by atoms with van der Waals surface area (Å²) >= 11 is 1.55. The molecule has 4 aromatic rings. The Morgan fingerprint density at radius 2 is 1.51 bits per heavy atom. The summed E-state index contributed by atoms with van der Waals surface area (Å²) in [5.74, 6) is -0.710. The first-order valence-electron chi connectivity index (χ1n) is 14.4. The third kappa shape index (κ3) is 8.36. The lowest BCUT2D eigenvalue weighted by Gasteiger charge is -2.26. The van der Waals surface area contributed by atoms with Crippen molar-refractivity contribution in [3.63, 3.8) is 0 Å². The topological polar surface area (TPSA) is 86.7 Å². The van der Waals surface area contributed by atoms with Crippen LogP contribution in [0.5, 0.6) is 0 Å². The number of carboxylic acids is 1. The number of nitrogens with zero attached hydrogens (tertiary/aromatic N) is 1. The van der Waals surface area contributed by atoms with Crippen LogP contribution in [0.2, 0.25) is 0 Å². The van der Waals surface area contributed by atoms with Crippen molar-refractivity contribution in [3.8, 4) is 11.1 Å². The molecule has 4 aromatic carbocycles. The molecule has 1 atom stereocenters. The van der Waals surface area contributed by atoms with E-state index in [-0.39, 0.29) is 5.78 Å². The highest BCUT2D eigenvalue weighted by Gasteiger charge is 2.23. The van der Waals surface area contributed by atoms with Gasteiger partial charge in [-0.2, -0.15) is 11.8 Å². The minimum Gasteiger partial charge on any atom is -0.480 e. The molecule has 222 valence electrons. The summed E-state index contributed by atoms with van der Waals surface area (Å²) in [4.78, 5) is 39.9. The van der Waals surface area contributed by atoms with Crippen LogP contribution in [0.3, 0.4) is 0 Å². The molecular weight excluding hydrogens is 556 g/mol. The number of hydrogen-bond acceptors (Lipinski definition) is 5. The molecule has 0 saturated carbocycles. The molecule has 43 heavy (non-hydrogen) atoms. The number of carboxylic acid groups (broad SMARTS) is 1. The number of carbonyl (C=O) groups is 3. The van der Waals surface area contributed by atoms with Crippen molar-refractivity contribution in [2.24, 2.45) is 0 Å². The van der Waals surface area contributed by atoms with Crippen LogP contribution < -0.4 is 10.2 Å². The predicted molar refractivity (Wildman–Crippen MR) is 176 cm³/mol. The number of hydrogen-bond donors (Lipinski definition) is 2. The van der Waals surface area contributed by atoms with Gasteiger partial charge in [-0.3, -0.25) is 9.59 Å². The molecule has 1 amide bonds. The van der Waals surface area contributed by atoms with E-state index in [0.717, 1.165) is 33.5 Å². The molecule has 0 fully saturated rings. The summed E-state index contributed by atoms with van der Waals surface area (Å²) in [6, 6.07) is 30.6. The van der Waals surface area contributed by atoms with Crippen LogP contribution in [0.1, 0.15) is 57.2 Å². The van der Waals surface area contributed by atoms with E-state index in [1.165, 1.54) is 0 Å². The van der Waals surface area contributed by atoms with E-state index in [0.29, 0.717) is 42.8 Å². The van der Waals surface area contributed by atoms with Crippen molar-refractivity contribution in [3.05, 3.63) is 125 Å². The summed E-state index contributed by atoms with van der Waals surface area (Å²) < 4.78 is 0. The lowest BCUT2D eigenvalue weighted by atomic mass is 9.93. The molecule has 7 heteroatoms. The number of aryl methyl sites for hydroxylation is 1. The largest absolute Gasteiger partial charge is 0.480 e. The molecule has 0 bridgehead atoms. The fraction of sp³-hybridized carbons (Fsp3) is 0.250. The number of benzene rings is 4. The van der Waals surface area contributed by atoms with Gasteiger partial charge in [0.15, 0.2) is 5.78 Å². The van der Waals surface area contributed by atoms with Gasteiger partial charge in [-0.1, -0.05) is 67.6 Å². The molecule has 0 saturated heterocycles. The maximum absolute atomic E-state index is 13.5. The quantitative estimate of drug-likeness (QED) is 0.148. The second-order valence-corrected chi connectivity index (χ2v) is 11.5. The molecule has 6 nitrogen and oxygen atoms in total. The number of nitrogens with one attached hydrogen (secondary N) is 1. The molecule has 0 aromatic heterocycles. The number of ketones is 1.